The van der Waals surface area contributed by atoms with Gasteiger partial charge in [-0.25, -0.2) is 15.6 Å². The lowest BCUT2D eigenvalue weighted by atomic mass is 10.0. The van der Waals surface area contributed by atoms with E-state index in [9.17, 15) is 18.0 Å². The maximum Gasteiger partial charge on any atom is 0.426 e. The van der Waals surface area contributed by atoms with Crippen molar-refractivity contribution in [3.63, 3.8) is 0 Å². The number of hydrogen-bond acceptors (Lipinski definition) is 4. The van der Waals surface area contributed by atoms with E-state index in [4.69, 9.17) is 4.74 Å². The lowest BCUT2D eigenvalue weighted by Gasteiger charge is -2.22. The number of ether oxygens (including phenoxy) is 1. The summed E-state index contributed by atoms with van der Waals surface area (Å²) in [4.78, 5) is 11.7. The van der Waals surface area contributed by atoms with E-state index < -0.39 is 23.5 Å². The number of hydrazine groups is 1. The van der Waals surface area contributed by atoms with Gasteiger partial charge in [-0.1, -0.05) is 18.2 Å². The Morgan fingerprint density at radius 2 is 1.76 bits per heavy atom. The zero-order valence-electron chi connectivity index (χ0n) is 11.8. The summed E-state index contributed by atoms with van der Waals surface area (Å²) in [7, 11) is 0. The van der Waals surface area contributed by atoms with Gasteiger partial charge in [0.05, 0.1) is 5.69 Å². The molecule has 0 saturated carbocycles. The van der Waals surface area contributed by atoms with E-state index in [0.717, 1.165) is 0 Å². The van der Waals surface area contributed by atoms with Crippen LogP contribution < -0.4 is 16.2 Å². The Hall–Kier alpha value is -1.80. The van der Waals surface area contributed by atoms with Crippen molar-refractivity contribution in [2.75, 3.05) is 5.32 Å². The highest BCUT2D eigenvalue weighted by molar-refractivity contribution is 5.86. The third-order valence-corrected chi connectivity index (χ3v) is 2.77. The molecule has 1 aliphatic rings. The predicted molar refractivity (Wildman–Crippen MR) is 70.3 cm³/mol. The van der Waals surface area contributed by atoms with E-state index >= 15 is 0 Å². The fraction of sp³-hybridized carbons (Fsp3) is 0.462. The summed E-state index contributed by atoms with van der Waals surface area (Å²) in [6, 6.07) is 5.66. The molecule has 1 amide bonds. The lowest BCUT2D eigenvalue weighted by molar-refractivity contribution is -0.165. The SMILES string of the molecule is CC(C)(C)OC(=O)Nc1ccccc1C1(C(F)(F)F)NN1. The van der Waals surface area contributed by atoms with Gasteiger partial charge in [0.1, 0.15) is 5.60 Å². The maximum absolute atomic E-state index is 13.1. The van der Waals surface area contributed by atoms with Crippen LogP contribution in [0.15, 0.2) is 24.3 Å². The molecule has 0 atom stereocenters. The Bertz CT molecular complexity index is 548. The molecule has 0 radical (unpaired) electrons. The van der Waals surface area contributed by atoms with Gasteiger partial charge in [-0.2, -0.15) is 13.2 Å². The van der Waals surface area contributed by atoms with Crippen molar-refractivity contribution < 1.29 is 22.7 Å². The van der Waals surface area contributed by atoms with Crippen LogP contribution in [-0.4, -0.2) is 17.9 Å². The lowest BCUT2D eigenvalue weighted by Crippen LogP contribution is -2.36. The molecule has 1 heterocycles. The third kappa shape index (κ3) is 3.27. The molecule has 1 aromatic carbocycles. The van der Waals surface area contributed by atoms with Crippen LogP contribution in [0.5, 0.6) is 0 Å². The van der Waals surface area contributed by atoms with Crippen molar-refractivity contribution in [3.8, 4) is 0 Å². The van der Waals surface area contributed by atoms with E-state index in [1.807, 2.05) is 0 Å². The normalized spacial score (nSPS) is 17.2. The molecule has 5 nitrogen and oxygen atoms in total. The van der Waals surface area contributed by atoms with Gasteiger partial charge in [0.2, 0.25) is 5.66 Å². The highest BCUT2D eigenvalue weighted by atomic mass is 19.4. The van der Waals surface area contributed by atoms with Crippen LogP contribution in [0.2, 0.25) is 0 Å². The minimum Gasteiger partial charge on any atom is -0.444 e. The number of amides is 1. The second-order valence-corrected chi connectivity index (χ2v) is 5.67. The second kappa shape index (κ2) is 4.88. The van der Waals surface area contributed by atoms with E-state index in [-0.39, 0.29) is 11.3 Å². The van der Waals surface area contributed by atoms with Gasteiger partial charge in [0, 0.05) is 5.56 Å². The molecule has 2 rings (SSSR count). The Labute approximate surface area is 119 Å². The van der Waals surface area contributed by atoms with Crippen LogP contribution in [0.25, 0.3) is 0 Å². The van der Waals surface area contributed by atoms with Crippen molar-refractivity contribution in [3.05, 3.63) is 29.8 Å². The first-order valence-electron chi connectivity index (χ1n) is 6.26. The van der Waals surface area contributed by atoms with Crippen LogP contribution in [0.1, 0.15) is 26.3 Å². The largest absolute Gasteiger partial charge is 0.444 e. The summed E-state index contributed by atoms with van der Waals surface area (Å²) in [5, 5.41) is 2.34. The third-order valence-electron chi connectivity index (χ3n) is 2.77. The minimum atomic E-state index is -4.54. The highest BCUT2D eigenvalue weighted by Gasteiger charge is 2.66. The molecule has 1 aromatic rings. The van der Waals surface area contributed by atoms with Crippen LogP contribution >= 0.6 is 0 Å². The molecule has 0 unspecified atom stereocenters. The summed E-state index contributed by atoms with van der Waals surface area (Å²) in [6.45, 7) is 5.00. The van der Waals surface area contributed by atoms with Crippen LogP contribution in [-0.2, 0) is 10.4 Å². The van der Waals surface area contributed by atoms with Crippen LogP contribution in [0, 0.1) is 0 Å². The zero-order valence-corrected chi connectivity index (χ0v) is 11.8. The quantitative estimate of drug-likeness (QED) is 0.734. The number of carbonyl (C=O) groups excluding carboxylic acids is 1. The van der Waals surface area contributed by atoms with E-state index in [1.54, 1.807) is 20.8 Å². The molecule has 8 heteroatoms. The monoisotopic (exact) mass is 303 g/mol. The average Bonchev–Trinajstić information content (AvgIpc) is 3.07. The molecule has 0 aromatic heterocycles. The van der Waals surface area contributed by atoms with Gasteiger partial charge in [0.25, 0.3) is 0 Å². The van der Waals surface area contributed by atoms with Crippen molar-refractivity contribution in [2.24, 2.45) is 0 Å². The summed E-state index contributed by atoms with van der Waals surface area (Å²) in [5.41, 5.74) is 1.03. The number of alkyl halides is 3. The van der Waals surface area contributed by atoms with Crippen molar-refractivity contribution >= 4 is 11.8 Å². The summed E-state index contributed by atoms with van der Waals surface area (Å²) >= 11 is 0. The van der Waals surface area contributed by atoms with Crippen molar-refractivity contribution in [1.29, 1.82) is 0 Å². The maximum atomic E-state index is 13.1. The Morgan fingerprint density at radius 1 is 1.19 bits per heavy atom. The molecule has 3 N–H and O–H groups in total. The topological polar surface area (TPSA) is 82.2 Å². The van der Waals surface area contributed by atoms with Gasteiger partial charge >= 0.3 is 12.3 Å². The number of hydrogen-bond donors (Lipinski definition) is 3. The van der Waals surface area contributed by atoms with Gasteiger partial charge in [-0.3, -0.25) is 5.32 Å². The van der Waals surface area contributed by atoms with E-state index in [1.165, 1.54) is 24.3 Å². The molecular weight excluding hydrogens is 287 g/mol. The first-order chi connectivity index (χ1) is 9.55. The number of halogens is 3. The molecule has 1 saturated heterocycles. The van der Waals surface area contributed by atoms with E-state index in [0.29, 0.717) is 0 Å². The molecule has 1 aliphatic heterocycles. The second-order valence-electron chi connectivity index (χ2n) is 5.67. The van der Waals surface area contributed by atoms with Gasteiger partial charge < -0.3 is 4.74 Å². The number of carbonyl (C=O) groups is 1. The Kier molecular flexibility index (Phi) is 3.63. The van der Waals surface area contributed by atoms with Gasteiger partial charge in [0.15, 0.2) is 0 Å². The first kappa shape index (κ1) is 15.6. The summed E-state index contributed by atoms with van der Waals surface area (Å²) in [6.07, 6.45) is -5.36. The number of benzene rings is 1. The standard InChI is InChI=1S/C13H16F3N3O2/c1-11(2,3)21-10(20)17-9-7-5-4-6-8(9)12(18-19-12)13(14,15)16/h4-7,18-19H,1-3H3,(H,17,20). The fourth-order valence-electron chi connectivity index (χ4n) is 1.82. The predicted octanol–water partition coefficient (Wildman–Crippen LogP) is 2.86. The van der Waals surface area contributed by atoms with Crippen LogP contribution in [0.3, 0.4) is 0 Å². The smallest absolute Gasteiger partial charge is 0.426 e. The number of nitrogens with one attached hydrogen (secondary N) is 3. The van der Waals surface area contributed by atoms with Crippen molar-refractivity contribution in [1.82, 2.24) is 10.9 Å². The van der Waals surface area contributed by atoms with Gasteiger partial charge in [-0.05, 0) is 26.8 Å². The molecule has 0 spiro atoms. The molecule has 116 valence electrons. The summed E-state index contributed by atoms with van der Waals surface area (Å²) < 4.78 is 44.3. The molecule has 21 heavy (non-hydrogen) atoms. The Morgan fingerprint density at radius 3 is 2.24 bits per heavy atom. The minimum absolute atomic E-state index is 0.0292. The molecular formula is C13H16F3N3O2. The molecule has 0 aliphatic carbocycles. The fourth-order valence-corrected chi connectivity index (χ4v) is 1.82. The van der Waals surface area contributed by atoms with Crippen LogP contribution in [0.4, 0.5) is 23.7 Å². The van der Waals surface area contributed by atoms with Crippen molar-refractivity contribution in [2.45, 2.75) is 38.2 Å². The number of anilines is 1. The summed E-state index contributed by atoms with van der Waals surface area (Å²) in [5.74, 6) is 0. The molecule has 0 bridgehead atoms. The number of para-hydroxylation sites is 1. The highest BCUT2D eigenvalue weighted by Crippen LogP contribution is 2.44. The molecule has 1 fully saturated rings. The number of rotatable bonds is 2. The zero-order chi connectivity index (χ0) is 15.9. The first-order valence-corrected chi connectivity index (χ1v) is 6.26. The Balaban J connectivity index is 2.25. The van der Waals surface area contributed by atoms with Gasteiger partial charge in [-0.15, -0.1) is 0 Å². The van der Waals surface area contributed by atoms with E-state index in [2.05, 4.69) is 16.2 Å². The average molecular weight is 303 g/mol.